The Bertz CT molecular complexity index is 861. The fraction of sp³-hybridized carbons (Fsp3) is 0.278. The Balaban J connectivity index is 1.70. The van der Waals surface area contributed by atoms with Crippen molar-refractivity contribution in [2.24, 2.45) is 0 Å². The van der Waals surface area contributed by atoms with Gasteiger partial charge in [0, 0.05) is 16.8 Å². The van der Waals surface area contributed by atoms with E-state index in [2.05, 4.69) is 29.1 Å². The Morgan fingerprint density at radius 1 is 1.25 bits per heavy atom. The van der Waals surface area contributed by atoms with Crippen molar-refractivity contribution in [2.45, 2.75) is 37.6 Å². The molecular formula is C18H19N3OS2. The van der Waals surface area contributed by atoms with E-state index < -0.39 is 0 Å². The Morgan fingerprint density at radius 3 is 2.75 bits per heavy atom. The number of nitrogens with zero attached hydrogens (tertiary/aromatic N) is 2. The molecule has 0 saturated heterocycles. The molecule has 0 saturated carbocycles. The van der Waals surface area contributed by atoms with Gasteiger partial charge < -0.3 is 5.32 Å². The molecule has 0 aliphatic heterocycles. The summed E-state index contributed by atoms with van der Waals surface area (Å²) in [6, 6.07) is 9.92. The summed E-state index contributed by atoms with van der Waals surface area (Å²) in [6.45, 7) is 6.63. The number of nitrogens with one attached hydrogen (secondary N) is 1. The van der Waals surface area contributed by atoms with Crippen LogP contribution < -0.4 is 5.32 Å². The summed E-state index contributed by atoms with van der Waals surface area (Å²) < 4.78 is 0. The van der Waals surface area contributed by atoms with Crippen molar-refractivity contribution < 1.29 is 4.79 Å². The molecule has 1 atom stereocenters. The van der Waals surface area contributed by atoms with Gasteiger partial charge in [0.2, 0.25) is 5.91 Å². The van der Waals surface area contributed by atoms with Gasteiger partial charge in [0.1, 0.15) is 16.2 Å². The Kier molecular flexibility index (Phi) is 5.16. The average molecular weight is 358 g/mol. The van der Waals surface area contributed by atoms with E-state index >= 15 is 0 Å². The summed E-state index contributed by atoms with van der Waals surface area (Å²) in [5, 5.41) is 4.73. The number of hydrogen-bond donors (Lipinski definition) is 1. The van der Waals surface area contributed by atoms with Crippen LogP contribution in [0.15, 0.2) is 41.7 Å². The number of thioether (sulfide) groups is 1. The topological polar surface area (TPSA) is 54.9 Å². The van der Waals surface area contributed by atoms with Crippen molar-refractivity contribution in [3.05, 3.63) is 52.7 Å². The molecule has 0 radical (unpaired) electrons. The van der Waals surface area contributed by atoms with E-state index in [9.17, 15) is 4.79 Å². The van der Waals surface area contributed by atoms with Crippen molar-refractivity contribution in [1.29, 1.82) is 0 Å². The third-order valence-corrected chi connectivity index (χ3v) is 6.11. The molecule has 6 heteroatoms. The van der Waals surface area contributed by atoms with Crippen LogP contribution in [-0.4, -0.2) is 21.1 Å². The Morgan fingerprint density at radius 2 is 2.00 bits per heavy atom. The molecule has 2 aromatic heterocycles. The fourth-order valence-electron chi connectivity index (χ4n) is 2.39. The number of thiophene rings is 1. The summed E-state index contributed by atoms with van der Waals surface area (Å²) in [6.07, 6.45) is 1.58. The van der Waals surface area contributed by atoms with Crippen molar-refractivity contribution in [1.82, 2.24) is 15.3 Å². The number of aromatic nitrogens is 2. The van der Waals surface area contributed by atoms with Gasteiger partial charge in [-0.05, 0) is 31.9 Å². The highest BCUT2D eigenvalue weighted by Crippen LogP contribution is 2.35. The van der Waals surface area contributed by atoms with Crippen LogP contribution in [0.1, 0.15) is 22.9 Å². The molecule has 0 aliphatic rings. The first-order valence-electron chi connectivity index (χ1n) is 7.75. The van der Waals surface area contributed by atoms with Gasteiger partial charge in [-0.2, -0.15) is 0 Å². The highest BCUT2D eigenvalue weighted by atomic mass is 32.2. The molecule has 0 spiro atoms. The van der Waals surface area contributed by atoms with Crippen molar-refractivity contribution >= 4 is 39.2 Å². The maximum absolute atomic E-state index is 12.4. The SMILES string of the molecule is Cc1sc2ncnc(S[C@H](C)C(=O)NCc3ccccc3)c2c1C. The van der Waals surface area contributed by atoms with E-state index in [1.807, 2.05) is 37.3 Å². The maximum atomic E-state index is 12.4. The van der Waals surface area contributed by atoms with Gasteiger partial charge in [-0.25, -0.2) is 9.97 Å². The molecule has 4 nitrogen and oxygen atoms in total. The minimum absolute atomic E-state index is 0.0141. The summed E-state index contributed by atoms with van der Waals surface area (Å²) in [5.41, 5.74) is 2.30. The van der Waals surface area contributed by atoms with E-state index in [0.29, 0.717) is 6.54 Å². The summed E-state index contributed by atoms with van der Waals surface area (Å²) in [7, 11) is 0. The normalized spacial score (nSPS) is 12.3. The zero-order valence-electron chi connectivity index (χ0n) is 13.9. The van der Waals surface area contributed by atoms with Crippen LogP contribution in [0.5, 0.6) is 0 Å². The molecule has 1 N–H and O–H groups in total. The Hall–Kier alpha value is -1.92. The third kappa shape index (κ3) is 3.60. The van der Waals surface area contributed by atoms with Crippen LogP contribution in [0.4, 0.5) is 0 Å². The lowest BCUT2D eigenvalue weighted by molar-refractivity contribution is -0.120. The number of aryl methyl sites for hydroxylation is 2. The number of amides is 1. The van der Waals surface area contributed by atoms with Gasteiger partial charge in [-0.15, -0.1) is 11.3 Å². The number of carbonyl (C=O) groups is 1. The Labute approximate surface area is 149 Å². The van der Waals surface area contributed by atoms with Crippen LogP contribution >= 0.6 is 23.1 Å². The second-order valence-electron chi connectivity index (χ2n) is 5.61. The zero-order valence-corrected chi connectivity index (χ0v) is 15.5. The lowest BCUT2D eigenvalue weighted by Crippen LogP contribution is -2.30. The first-order chi connectivity index (χ1) is 11.6. The number of hydrogen-bond acceptors (Lipinski definition) is 5. The maximum Gasteiger partial charge on any atom is 0.233 e. The monoisotopic (exact) mass is 357 g/mol. The van der Waals surface area contributed by atoms with Crippen molar-refractivity contribution in [2.75, 3.05) is 0 Å². The summed E-state index contributed by atoms with van der Waals surface area (Å²) in [4.78, 5) is 23.3. The highest BCUT2D eigenvalue weighted by Gasteiger charge is 2.19. The van der Waals surface area contributed by atoms with E-state index in [1.54, 1.807) is 17.7 Å². The quantitative estimate of drug-likeness (QED) is 0.552. The fourth-order valence-corrected chi connectivity index (χ4v) is 4.45. The van der Waals surface area contributed by atoms with Crippen molar-refractivity contribution in [3.63, 3.8) is 0 Å². The van der Waals surface area contributed by atoms with E-state index in [0.717, 1.165) is 20.8 Å². The predicted octanol–water partition coefficient (Wildman–Crippen LogP) is 4.11. The van der Waals surface area contributed by atoms with Crippen LogP contribution in [0.2, 0.25) is 0 Å². The molecule has 2 heterocycles. The summed E-state index contributed by atoms with van der Waals surface area (Å²) >= 11 is 3.16. The lowest BCUT2D eigenvalue weighted by Gasteiger charge is -2.12. The van der Waals surface area contributed by atoms with E-state index in [1.165, 1.54) is 22.2 Å². The molecule has 0 bridgehead atoms. The molecule has 0 aliphatic carbocycles. The lowest BCUT2D eigenvalue weighted by atomic mass is 10.2. The molecule has 3 rings (SSSR count). The molecular weight excluding hydrogens is 338 g/mol. The first-order valence-corrected chi connectivity index (χ1v) is 9.45. The number of rotatable bonds is 5. The minimum atomic E-state index is -0.216. The largest absolute Gasteiger partial charge is 0.351 e. The molecule has 3 aromatic rings. The van der Waals surface area contributed by atoms with Gasteiger partial charge in [-0.3, -0.25) is 4.79 Å². The number of benzene rings is 1. The smallest absolute Gasteiger partial charge is 0.233 e. The molecule has 124 valence electrons. The van der Waals surface area contributed by atoms with Crippen LogP contribution in [0, 0.1) is 13.8 Å². The van der Waals surface area contributed by atoms with Crippen LogP contribution in [0.3, 0.4) is 0 Å². The van der Waals surface area contributed by atoms with Gasteiger partial charge in [-0.1, -0.05) is 42.1 Å². The molecule has 0 unspecified atom stereocenters. The van der Waals surface area contributed by atoms with Crippen molar-refractivity contribution in [3.8, 4) is 0 Å². The third-order valence-electron chi connectivity index (χ3n) is 3.90. The van der Waals surface area contributed by atoms with Gasteiger partial charge in [0.15, 0.2) is 0 Å². The van der Waals surface area contributed by atoms with Crippen LogP contribution in [-0.2, 0) is 11.3 Å². The second-order valence-corrected chi connectivity index (χ2v) is 8.14. The van der Waals surface area contributed by atoms with Gasteiger partial charge in [0.25, 0.3) is 0 Å². The first kappa shape index (κ1) is 16.9. The predicted molar refractivity (Wildman–Crippen MR) is 100 cm³/mol. The second kappa shape index (κ2) is 7.32. The average Bonchev–Trinajstić information content (AvgIpc) is 2.89. The van der Waals surface area contributed by atoms with E-state index in [-0.39, 0.29) is 11.2 Å². The van der Waals surface area contributed by atoms with E-state index in [4.69, 9.17) is 0 Å². The molecule has 1 amide bonds. The highest BCUT2D eigenvalue weighted by molar-refractivity contribution is 8.00. The zero-order chi connectivity index (χ0) is 17.1. The molecule has 0 fully saturated rings. The number of carbonyl (C=O) groups excluding carboxylic acids is 1. The van der Waals surface area contributed by atoms with Crippen LogP contribution in [0.25, 0.3) is 10.2 Å². The molecule has 1 aromatic carbocycles. The standard InChI is InChI=1S/C18H19N3OS2/c1-11-12(2)23-17-15(11)18(21-10-20-17)24-13(3)16(22)19-9-14-7-5-4-6-8-14/h4-8,10,13H,9H2,1-3H3,(H,19,22)/t13-/m1/s1. The van der Waals surface area contributed by atoms with Gasteiger partial charge >= 0.3 is 0 Å². The molecule has 24 heavy (non-hydrogen) atoms. The summed E-state index contributed by atoms with van der Waals surface area (Å²) in [5.74, 6) is 0.0141. The number of fused-ring (bicyclic) bond motifs is 1. The van der Waals surface area contributed by atoms with Gasteiger partial charge in [0.05, 0.1) is 5.25 Å². The minimum Gasteiger partial charge on any atom is -0.351 e.